The molecule has 1 fully saturated rings. The summed E-state index contributed by atoms with van der Waals surface area (Å²) in [5.41, 5.74) is 5.82. The molecule has 0 aromatic heterocycles. The Kier molecular flexibility index (Phi) is 3.40. The third-order valence-electron chi connectivity index (χ3n) is 4.62. The summed E-state index contributed by atoms with van der Waals surface area (Å²) in [4.78, 5) is 2.52. The van der Waals surface area contributed by atoms with E-state index >= 15 is 0 Å². The first-order chi connectivity index (χ1) is 10.4. The molecule has 0 saturated heterocycles. The van der Waals surface area contributed by atoms with Gasteiger partial charge in [0.15, 0.2) is 0 Å². The van der Waals surface area contributed by atoms with Gasteiger partial charge in [-0.3, -0.25) is 0 Å². The van der Waals surface area contributed by atoms with Gasteiger partial charge in [0.25, 0.3) is 0 Å². The summed E-state index contributed by atoms with van der Waals surface area (Å²) in [5, 5.41) is 3.64. The summed E-state index contributed by atoms with van der Waals surface area (Å²) in [7, 11) is 0. The van der Waals surface area contributed by atoms with E-state index < -0.39 is 0 Å². The summed E-state index contributed by atoms with van der Waals surface area (Å²) in [5.74, 6) is 0. The van der Waals surface area contributed by atoms with Crippen molar-refractivity contribution in [3.8, 4) is 0 Å². The summed E-state index contributed by atoms with van der Waals surface area (Å²) < 4.78 is 0. The molecule has 2 nitrogen and oxygen atoms in total. The van der Waals surface area contributed by atoms with Crippen molar-refractivity contribution >= 4 is 5.69 Å². The molecule has 0 bridgehead atoms. The van der Waals surface area contributed by atoms with Gasteiger partial charge in [-0.1, -0.05) is 42.5 Å². The second-order valence-corrected chi connectivity index (χ2v) is 6.22. The van der Waals surface area contributed by atoms with Crippen molar-refractivity contribution in [3.05, 3.63) is 65.2 Å². The standard InChI is InChI=1S/C19H22N2/c1-2-7-17(16(6-1)13-20-18-9-10-18)14-21-12-11-15-5-3-4-8-19(15)21/h1-8,18,20H,9-14H2. The molecule has 21 heavy (non-hydrogen) atoms. The average Bonchev–Trinajstić information content (AvgIpc) is 3.27. The smallest absolute Gasteiger partial charge is 0.0432 e. The van der Waals surface area contributed by atoms with Gasteiger partial charge in [-0.2, -0.15) is 0 Å². The molecule has 0 amide bonds. The molecular weight excluding hydrogens is 256 g/mol. The van der Waals surface area contributed by atoms with Gasteiger partial charge in [-0.25, -0.2) is 0 Å². The maximum atomic E-state index is 3.64. The van der Waals surface area contributed by atoms with Crippen molar-refractivity contribution < 1.29 is 0 Å². The lowest BCUT2D eigenvalue weighted by Crippen LogP contribution is -2.22. The van der Waals surface area contributed by atoms with Crippen molar-refractivity contribution in [2.24, 2.45) is 0 Å². The predicted molar refractivity (Wildman–Crippen MR) is 87.5 cm³/mol. The van der Waals surface area contributed by atoms with Gasteiger partial charge in [0.05, 0.1) is 0 Å². The number of para-hydroxylation sites is 1. The van der Waals surface area contributed by atoms with Crippen LogP contribution in [0.2, 0.25) is 0 Å². The molecule has 2 heteroatoms. The zero-order valence-electron chi connectivity index (χ0n) is 12.4. The van der Waals surface area contributed by atoms with Gasteiger partial charge in [-0.15, -0.1) is 0 Å². The highest BCUT2D eigenvalue weighted by Gasteiger charge is 2.21. The van der Waals surface area contributed by atoms with Crippen LogP contribution < -0.4 is 10.2 Å². The molecule has 0 spiro atoms. The Hall–Kier alpha value is -1.80. The summed E-state index contributed by atoms with van der Waals surface area (Å²) in [6.07, 6.45) is 3.88. The van der Waals surface area contributed by atoms with E-state index in [-0.39, 0.29) is 0 Å². The highest BCUT2D eigenvalue weighted by Crippen LogP contribution is 2.29. The van der Waals surface area contributed by atoms with E-state index in [1.54, 1.807) is 0 Å². The van der Waals surface area contributed by atoms with E-state index in [9.17, 15) is 0 Å². The van der Waals surface area contributed by atoms with Crippen LogP contribution >= 0.6 is 0 Å². The van der Waals surface area contributed by atoms with Crippen LogP contribution in [0.4, 0.5) is 5.69 Å². The van der Waals surface area contributed by atoms with Gasteiger partial charge >= 0.3 is 0 Å². The normalized spacial score (nSPS) is 17.0. The Balaban J connectivity index is 1.52. The van der Waals surface area contributed by atoms with Gasteiger partial charge in [0.1, 0.15) is 0 Å². The van der Waals surface area contributed by atoms with E-state index in [0.29, 0.717) is 0 Å². The monoisotopic (exact) mass is 278 g/mol. The van der Waals surface area contributed by atoms with E-state index in [0.717, 1.165) is 25.7 Å². The SMILES string of the molecule is c1ccc(CN2CCc3ccccc32)c(CNC2CC2)c1. The fraction of sp³-hybridized carbons (Fsp3) is 0.368. The zero-order valence-corrected chi connectivity index (χ0v) is 12.4. The van der Waals surface area contributed by atoms with Gasteiger partial charge < -0.3 is 10.2 Å². The lowest BCUT2D eigenvalue weighted by Gasteiger charge is -2.21. The molecule has 1 heterocycles. The van der Waals surface area contributed by atoms with Crippen molar-refractivity contribution in [2.45, 2.75) is 38.4 Å². The van der Waals surface area contributed by atoms with Gasteiger partial charge in [0, 0.05) is 31.4 Å². The maximum Gasteiger partial charge on any atom is 0.0432 e. The molecule has 4 rings (SSSR count). The second kappa shape index (κ2) is 5.53. The fourth-order valence-electron chi connectivity index (χ4n) is 3.20. The van der Waals surface area contributed by atoms with Crippen molar-refractivity contribution in [2.75, 3.05) is 11.4 Å². The van der Waals surface area contributed by atoms with E-state index in [2.05, 4.69) is 58.7 Å². The first kappa shape index (κ1) is 12.9. The number of hydrogen-bond acceptors (Lipinski definition) is 2. The van der Waals surface area contributed by atoms with Crippen LogP contribution in [-0.2, 0) is 19.5 Å². The first-order valence-corrected chi connectivity index (χ1v) is 8.03. The van der Waals surface area contributed by atoms with E-state index in [4.69, 9.17) is 0 Å². The van der Waals surface area contributed by atoms with Crippen LogP contribution in [0.1, 0.15) is 29.5 Å². The van der Waals surface area contributed by atoms with Crippen molar-refractivity contribution in [1.29, 1.82) is 0 Å². The largest absolute Gasteiger partial charge is 0.367 e. The highest BCUT2D eigenvalue weighted by molar-refractivity contribution is 5.58. The Morgan fingerprint density at radius 2 is 1.71 bits per heavy atom. The van der Waals surface area contributed by atoms with Crippen LogP contribution in [-0.4, -0.2) is 12.6 Å². The number of hydrogen-bond donors (Lipinski definition) is 1. The lowest BCUT2D eigenvalue weighted by molar-refractivity contribution is 0.679. The first-order valence-electron chi connectivity index (χ1n) is 8.03. The fourth-order valence-corrected chi connectivity index (χ4v) is 3.20. The molecule has 2 aliphatic rings. The summed E-state index contributed by atoms with van der Waals surface area (Å²) >= 11 is 0. The Morgan fingerprint density at radius 3 is 2.57 bits per heavy atom. The van der Waals surface area contributed by atoms with Crippen molar-refractivity contribution in [1.82, 2.24) is 5.32 Å². The highest BCUT2D eigenvalue weighted by atomic mass is 15.1. The maximum absolute atomic E-state index is 3.64. The molecule has 108 valence electrons. The van der Waals surface area contributed by atoms with E-state index in [1.807, 2.05) is 0 Å². The molecule has 1 aliphatic heterocycles. The van der Waals surface area contributed by atoms with Crippen molar-refractivity contribution in [3.63, 3.8) is 0 Å². The Bertz CT molecular complexity index is 631. The van der Waals surface area contributed by atoms with Gasteiger partial charge in [-0.05, 0) is 42.0 Å². The number of nitrogens with zero attached hydrogens (tertiary/aromatic N) is 1. The molecule has 0 radical (unpaired) electrons. The summed E-state index contributed by atoms with van der Waals surface area (Å²) in [6.45, 7) is 3.18. The Morgan fingerprint density at radius 1 is 0.952 bits per heavy atom. The third-order valence-corrected chi connectivity index (χ3v) is 4.62. The lowest BCUT2D eigenvalue weighted by atomic mass is 10.1. The molecule has 1 saturated carbocycles. The number of benzene rings is 2. The predicted octanol–water partition coefficient (Wildman–Crippen LogP) is 3.50. The number of anilines is 1. The number of rotatable bonds is 5. The number of fused-ring (bicyclic) bond motifs is 1. The zero-order chi connectivity index (χ0) is 14.1. The van der Waals surface area contributed by atoms with E-state index in [1.165, 1.54) is 41.6 Å². The average molecular weight is 278 g/mol. The minimum atomic E-state index is 0.769. The molecule has 0 unspecified atom stereocenters. The quantitative estimate of drug-likeness (QED) is 0.900. The minimum Gasteiger partial charge on any atom is -0.367 e. The molecular formula is C19H22N2. The van der Waals surface area contributed by atoms with Crippen LogP contribution in [0.3, 0.4) is 0 Å². The topological polar surface area (TPSA) is 15.3 Å². The van der Waals surface area contributed by atoms with Crippen LogP contribution in [0.25, 0.3) is 0 Å². The molecule has 0 atom stereocenters. The van der Waals surface area contributed by atoms with Crippen LogP contribution in [0.5, 0.6) is 0 Å². The molecule has 1 aliphatic carbocycles. The Labute approximate surface area is 126 Å². The minimum absolute atomic E-state index is 0.769. The van der Waals surface area contributed by atoms with Gasteiger partial charge in [0.2, 0.25) is 0 Å². The summed E-state index contributed by atoms with van der Waals surface area (Å²) in [6, 6.07) is 18.5. The molecule has 2 aromatic rings. The molecule has 2 aromatic carbocycles. The van der Waals surface area contributed by atoms with Crippen LogP contribution in [0.15, 0.2) is 48.5 Å². The number of nitrogens with one attached hydrogen (secondary N) is 1. The third kappa shape index (κ3) is 2.81. The molecule has 1 N–H and O–H groups in total. The van der Waals surface area contributed by atoms with Crippen LogP contribution in [0, 0.1) is 0 Å². The second-order valence-electron chi connectivity index (χ2n) is 6.22.